The normalized spacial score (nSPS) is 18.9. The number of aromatic nitrogens is 4. The molecule has 4 aliphatic rings. The average molecular weight is 1830 g/mol. The zero-order valence-electron chi connectivity index (χ0n) is 54.3. The van der Waals surface area contributed by atoms with Crippen molar-refractivity contribution in [3.63, 3.8) is 0 Å². The van der Waals surface area contributed by atoms with Crippen molar-refractivity contribution in [1.29, 1.82) is 0 Å². The van der Waals surface area contributed by atoms with Crippen LogP contribution in [0.25, 0.3) is 0 Å². The summed E-state index contributed by atoms with van der Waals surface area (Å²) in [4.78, 5) is 67.6. The molecule has 8 heterocycles. The number of halogens is 24. The molecule has 20 nitrogen and oxygen atoms in total. The van der Waals surface area contributed by atoms with E-state index in [0.717, 1.165) is 101 Å². The van der Waals surface area contributed by atoms with Crippen molar-refractivity contribution in [3.8, 4) is 0 Å². The first-order chi connectivity index (χ1) is 44.2. The van der Waals surface area contributed by atoms with E-state index in [9.17, 15) is 140 Å². The minimum Gasteiger partial charge on any atom is 2.00 e. The predicted molar refractivity (Wildman–Crippen MR) is 318 cm³/mol. The number of carboxylic acid groups (broad SMARTS) is 4. The third kappa shape index (κ3) is 64.3. The van der Waals surface area contributed by atoms with Gasteiger partial charge in [0.2, 0.25) is 0 Å². The van der Waals surface area contributed by atoms with Crippen LogP contribution in [0.3, 0.4) is 0 Å². The summed E-state index contributed by atoms with van der Waals surface area (Å²) in [6, 6.07) is 24.0. The van der Waals surface area contributed by atoms with Crippen LogP contribution in [-0.2, 0) is 109 Å². The summed E-state index contributed by atoms with van der Waals surface area (Å²) in [6.07, 6.45) is 7.30. The average Bonchev–Trinajstić information content (AvgIpc) is 0.759. The van der Waals surface area contributed by atoms with Crippen LogP contribution >= 0.6 is 31.2 Å². The molecule has 0 aromatic carbocycles. The third-order valence-corrected chi connectivity index (χ3v) is 13.2. The number of hydrogen-bond donors (Lipinski definition) is 4. The Labute approximate surface area is 622 Å². The molecule has 4 radical (unpaired) electrons. The number of aliphatic carboxylic acids is 4. The van der Waals surface area contributed by atoms with Crippen molar-refractivity contribution in [3.05, 3.63) is 120 Å². The molecule has 620 valence electrons. The number of carbonyl (C=O) groups excluding carboxylic acids is 4. The smallest absolute Gasteiger partial charge is 2.00 e. The molecule has 52 heteroatoms. The Balaban J connectivity index is -0.000000566. The maximum absolute atomic E-state index is 10.7. The summed E-state index contributed by atoms with van der Waals surface area (Å²) in [5.41, 5.74) is 5.05. The van der Waals surface area contributed by atoms with Gasteiger partial charge in [0.15, 0.2) is 0 Å². The second kappa shape index (κ2) is 37.3. The van der Waals surface area contributed by atoms with Crippen LogP contribution in [0, 0.1) is 0 Å². The number of carboxylic acids is 4. The van der Waals surface area contributed by atoms with E-state index in [1.807, 2.05) is 73.3 Å². The van der Waals surface area contributed by atoms with Gasteiger partial charge in [-0.05, 0) is 48.5 Å². The fraction of sp³-hybridized carbons (Fsp3) is 0.538. The maximum atomic E-state index is 10.2. The predicted octanol–water partition coefficient (Wildman–Crippen LogP) is 9.50. The quantitative estimate of drug-likeness (QED) is 0.0220. The van der Waals surface area contributed by atoms with Crippen molar-refractivity contribution < 1.29 is 209 Å². The molecule has 4 aromatic heterocycles. The summed E-state index contributed by atoms with van der Waals surface area (Å²) in [7, 11) is -42.6. The van der Waals surface area contributed by atoms with Crippen molar-refractivity contribution >= 4 is 55.1 Å². The minimum absolute atomic E-state index is 0. The van der Waals surface area contributed by atoms with Gasteiger partial charge in [-0.2, -0.15) is 0 Å². The van der Waals surface area contributed by atoms with E-state index < -0.39 is 55.1 Å². The van der Waals surface area contributed by atoms with E-state index in [4.69, 9.17) is 0 Å². The number of pyridine rings is 4. The zero-order valence-corrected chi connectivity index (χ0v) is 61.6. The Hall–Kier alpha value is -3.72. The van der Waals surface area contributed by atoms with Gasteiger partial charge in [0, 0.05) is 200 Å². The fourth-order valence-electron chi connectivity index (χ4n) is 9.63. The number of likely N-dealkylation sites (tertiary alicyclic amines) is 4. The van der Waals surface area contributed by atoms with Crippen LogP contribution in [0.4, 0.5) is 101 Å². The third-order valence-electron chi connectivity index (χ3n) is 13.2. The number of nitrogens with one attached hydrogen (secondary N) is 4. The van der Waals surface area contributed by atoms with Gasteiger partial charge < -0.3 is 80.5 Å². The Bertz CT molecular complexity index is 2780. The summed E-state index contributed by atoms with van der Waals surface area (Å²) in [5.74, 6) is -4.23. The molecule has 4 aliphatic heterocycles. The van der Waals surface area contributed by atoms with E-state index in [0.29, 0.717) is 26.2 Å². The number of hydrogen-bond acceptors (Lipinski definition) is 20. The van der Waals surface area contributed by atoms with Gasteiger partial charge in [0.05, 0.1) is 23.9 Å². The van der Waals surface area contributed by atoms with Crippen molar-refractivity contribution in [2.24, 2.45) is 0 Å². The van der Waals surface area contributed by atoms with Crippen molar-refractivity contribution in [2.75, 3.05) is 131 Å². The molecule has 4 fully saturated rings. The fourth-order valence-corrected chi connectivity index (χ4v) is 9.63. The van der Waals surface area contributed by atoms with Crippen molar-refractivity contribution in [2.45, 2.75) is 49.4 Å². The molecule has 104 heavy (non-hydrogen) atoms. The van der Waals surface area contributed by atoms with Crippen molar-refractivity contribution in [1.82, 2.24) is 60.8 Å². The van der Waals surface area contributed by atoms with E-state index in [2.05, 4.69) is 113 Å². The molecule has 8 rings (SSSR count). The van der Waals surface area contributed by atoms with Crippen LogP contribution in [-0.4, -0.2) is 194 Å². The first-order valence-corrected chi connectivity index (χ1v) is 36.8. The molecular formula is C52H72Cu4F24N12O8P4. The molecule has 0 amide bonds. The zero-order chi connectivity index (χ0) is 77.7. The Morgan fingerprint density at radius 2 is 0.452 bits per heavy atom. The Kier molecular flexibility index (Phi) is 38.3. The first kappa shape index (κ1) is 107. The SMILES string of the molecule is CC1(c2ccccn2)CN(CCNCC(=O)[O-])C1.CC1(c2ccccn2)CN(CCNCC(=O)[O-])C1.CC1(c2ccccn2)CN(CCNCC(=O)[O-])C1.CC1(c2ccccn2)CN(CCNCC(=O)[O-])C1.F[P-](F)(F)(F)(F)F.F[P-](F)(F)(F)(F)F.F[P-](F)(F)(F)(F)F.F[P-](F)(F)(F)(F)F.[Cu+2].[Cu+2].[Cu+2].[Cu+2]. The molecule has 0 atom stereocenters. The largest absolute Gasteiger partial charge is 2.00 e. The topological polar surface area (TPSA) is 273 Å². The molecule has 4 saturated heterocycles. The standard InChI is InChI=1S/4C13H19N3O2.4Cu.4F6P/c4*1-13(11-4-2-3-5-15-11)9-16(10-13)7-6-14-8-12(17)18;;;;;4*1-7(2,3,4,5)6/h4*2-5,14H,6-10H2,1H3,(H,17,18);;;;;;;;/q;;;;4*+2;4*-1/p-4. The minimum atomic E-state index is -10.7. The molecule has 0 spiro atoms. The van der Waals surface area contributed by atoms with Gasteiger partial charge in [-0.25, -0.2) is 0 Å². The van der Waals surface area contributed by atoms with Gasteiger partial charge >= 0.3 is 200 Å². The first-order valence-electron chi connectivity index (χ1n) is 28.6. The van der Waals surface area contributed by atoms with Crippen LogP contribution in [0.15, 0.2) is 97.6 Å². The molecule has 4 N–H and O–H groups in total. The molecular weight excluding hydrogens is 1750 g/mol. The number of nitrogens with zero attached hydrogens (tertiary/aromatic N) is 8. The molecule has 0 saturated carbocycles. The summed E-state index contributed by atoms with van der Waals surface area (Å²) < 4.78 is 237. The molecule has 4 aromatic rings. The second-order valence-electron chi connectivity index (χ2n) is 24.0. The summed E-state index contributed by atoms with van der Waals surface area (Å²) in [5, 5.41) is 52.2. The van der Waals surface area contributed by atoms with Crippen LogP contribution < -0.4 is 41.7 Å². The van der Waals surface area contributed by atoms with Crippen LogP contribution in [0.5, 0.6) is 0 Å². The summed E-state index contributed by atoms with van der Waals surface area (Å²) in [6.45, 7) is 22.4. The van der Waals surface area contributed by atoms with E-state index >= 15 is 0 Å². The number of rotatable bonds is 24. The van der Waals surface area contributed by atoms with Gasteiger partial charge in [0.25, 0.3) is 0 Å². The monoisotopic (exact) mass is 1820 g/mol. The van der Waals surface area contributed by atoms with Crippen LogP contribution in [0.2, 0.25) is 0 Å². The van der Waals surface area contributed by atoms with Gasteiger partial charge in [-0.1, -0.05) is 52.0 Å². The second-order valence-corrected chi connectivity index (χ2v) is 31.6. The maximum Gasteiger partial charge on any atom is 2.00 e. The Morgan fingerprint density at radius 3 is 0.558 bits per heavy atom. The van der Waals surface area contributed by atoms with E-state index in [-0.39, 0.29) is 116 Å². The molecule has 0 unspecified atom stereocenters. The molecule has 0 bridgehead atoms. The van der Waals surface area contributed by atoms with Gasteiger partial charge in [0.1, 0.15) is 0 Å². The summed E-state index contributed by atoms with van der Waals surface area (Å²) >= 11 is 0. The van der Waals surface area contributed by atoms with Gasteiger partial charge in [-0.15, -0.1) is 0 Å². The van der Waals surface area contributed by atoms with Gasteiger partial charge in [-0.3, -0.25) is 19.9 Å². The van der Waals surface area contributed by atoms with E-state index in [1.165, 1.54) is 0 Å². The number of carbonyl (C=O) groups is 4. The molecule has 0 aliphatic carbocycles. The Morgan fingerprint density at radius 1 is 0.317 bits per heavy atom. The van der Waals surface area contributed by atoms with E-state index in [1.54, 1.807) is 0 Å². The van der Waals surface area contributed by atoms with Crippen LogP contribution in [0.1, 0.15) is 50.5 Å².